The number of rotatable bonds is 8. The predicted molar refractivity (Wildman–Crippen MR) is 115 cm³/mol. The lowest BCUT2D eigenvalue weighted by Gasteiger charge is -2.14. The second kappa shape index (κ2) is 9.75. The van der Waals surface area contributed by atoms with E-state index in [-0.39, 0.29) is 30.4 Å². The minimum Gasteiger partial charge on any atom is -0.401 e. The molecule has 0 aliphatic rings. The Morgan fingerprint density at radius 1 is 1.13 bits per heavy atom. The average molecular weight is 426 g/mol. The van der Waals surface area contributed by atoms with Gasteiger partial charge >= 0.3 is 11.2 Å². The topological polar surface area (TPSA) is 105 Å². The Morgan fingerprint density at radius 3 is 2.55 bits per heavy atom. The highest BCUT2D eigenvalue weighted by Crippen LogP contribution is 2.10. The molecule has 1 aromatic heterocycles. The van der Waals surface area contributed by atoms with E-state index in [9.17, 15) is 18.8 Å². The standard InChI is InChI=1S/C22H23FN4O4/c1-3-24-19-18(20(28)25-12-16-10-9-14(2)17(23)11-16)21(29)27(22(30)26-19)31-13-15-7-5-4-6-8-15/h4-11,24H,3,12-13H2,1-2H3,(H,25,28)(H,26,30). The molecular formula is C22H23FN4O4. The van der Waals surface area contributed by atoms with E-state index in [0.717, 1.165) is 5.56 Å². The summed E-state index contributed by atoms with van der Waals surface area (Å²) < 4.78 is 14.3. The van der Waals surface area contributed by atoms with Crippen LogP contribution in [0.15, 0.2) is 58.1 Å². The fourth-order valence-electron chi connectivity index (χ4n) is 2.89. The van der Waals surface area contributed by atoms with Gasteiger partial charge in [0.05, 0.1) is 0 Å². The van der Waals surface area contributed by atoms with Gasteiger partial charge in [-0.2, -0.15) is 0 Å². The molecule has 3 aromatic rings. The van der Waals surface area contributed by atoms with Crippen molar-refractivity contribution in [3.05, 3.63) is 97.4 Å². The zero-order valence-corrected chi connectivity index (χ0v) is 17.2. The maximum absolute atomic E-state index is 13.7. The Bertz CT molecular complexity index is 1190. The number of H-pyrrole nitrogens is 1. The molecule has 9 heteroatoms. The molecule has 3 rings (SSSR count). The summed E-state index contributed by atoms with van der Waals surface area (Å²) >= 11 is 0. The Labute approximate surface area is 177 Å². The number of carbonyl (C=O) groups excluding carboxylic acids is 1. The van der Waals surface area contributed by atoms with Gasteiger partial charge in [-0.05, 0) is 36.6 Å². The summed E-state index contributed by atoms with van der Waals surface area (Å²) in [7, 11) is 0. The van der Waals surface area contributed by atoms with E-state index in [1.165, 1.54) is 6.07 Å². The van der Waals surface area contributed by atoms with Gasteiger partial charge in [-0.1, -0.05) is 47.2 Å². The number of aromatic amines is 1. The van der Waals surface area contributed by atoms with E-state index in [4.69, 9.17) is 4.84 Å². The quantitative estimate of drug-likeness (QED) is 0.511. The molecule has 0 unspecified atom stereocenters. The summed E-state index contributed by atoms with van der Waals surface area (Å²) in [5.74, 6) is -1.12. The lowest BCUT2D eigenvalue weighted by atomic mass is 10.1. The van der Waals surface area contributed by atoms with Crippen molar-refractivity contribution in [2.45, 2.75) is 27.0 Å². The van der Waals surface area contributed by atoms with Crippen LogP contribution in [0, 0.1) is 12.7 Å². The predicted octanol–water partition coefficient (Wildman–Crippen LogP) is 1.97. The highest BCUT2D eigenvalue weighted by Gasteiger charge is 2.21. The van der Waals surface area contributed by atoms with Crippen LogP contribution in [-0.4, -0.2) is 22.2 Å². The fraction of sp³-hybridized carbons (Fsp3) is 0.227. The van der Waals surface area contributed by atoms with Crippen LogP contribution in [0.25, 0.3) is 0 Å². The van der Waals surface area contributed by atoms with Crippen molar-refractivity contribution >= 4 is 11.7 Å². The number of amides is 1. The van der Waals surface area contributed by atoms with Crippen LogP contribution < -0.4 is 26.7 Å². The maximum Gasteiger partial charge on any atom is 0.363 e. The summed E-state index contributed by atoms with van der Waals surface area (Å²) in [6, 6.07) is 13.6. The van der Waals surface area contributed by atoms with Crippen LogP contribution in [0.3, 0.4) is 0 Å². The van der Waals surface area contributed by atoms with E-state index in [0.29, 0.717) is 22.4 Å². The van der Waals surface area contributed by atoms with Crippen LogP contribution in [0.4, 0.5) is 10.2 Å². The lowest BCUT2D eigenvalue weighted by molar-refractivity contribution is 0.0764. The molecular weight excluding hydrogens is 403 g/mol. The van der Waals surface area contributed by atoms with Gasteiger partial charge in [0.15, 0.2) is 0 Å². The minimum atomic E-state index is -0.900. The summed E-state index contributed by atoms with van der Waals surface area (Å²) in [5, 5.41) is 5.39. The van der Waals surface area contributed by atoms with Gasteiger partial charge in [0.25, 0.3) is 5.91 Å². The van der Waals surface area contributed by atoms with Gasteiger partial charge in [0, 0.05) is 13.1 Å². The lowest BCUT2D eigenvalue weighted by Crippen LogP contribution is -2.45. The number of nitrogens with zero attached hydrogens (tertiary/aromatic N) is 1. The molecule has 0 saturated carbocycles. The number of halogens is 1. The van der Waals surface area contributed by atoms with Crippen molar-refractivity contribution in [3.8, 4) is 0 Å². The summed E-state index contributed by atoms with van der Waals surface area (Å²) in [6.45, 7) is 3.73. The number of aryl methyl sites for hydroxylation is 1. The Morgan fingerprint density at radius 2 is 1.87 bits per heavy atom. The molecule has 0 spiro atoms. The molecule has 3 N–H and O–H groups in total. The minimum absolute atomic E-state index is 0.00500. The normalized spacial score (nSPS) is 10.5. The summed E-state index contributed by atoms with van der Waals surface area (Å²) in [6.07, 6.45) is 0. The van der Waals surface area contributed by atoms with Gasteiger partial charge in [0.2, 0.25) is 0 Å². The van der Waals surface area contributed by atoms with Gasteiger partial charge in [-0.15, -0.1) is 0 Å². The monoisotopic (exact) mass is 426 g/mol. The van der Waals surface area contributed by atoms with Gasteiger partial charge in [0.1, 0.15) is 23.8 Å². The highest BCUT2D eigenvalue weighted by molar-refractivity contribution is 5.98. The van der Waals surface area contributed by atoms with E-state index >= 15 is 0 Å². The summed E-state index contributed by atoms with van der Waals surface area (Å²) in [5.41, 5.74) is -0.244. The van der Waals surface area contributed by atoms with E-state index < -0.39 is 17.2 Å². The average Bonchev–Trinajstić information content (AvgIpc) is 2.75. The van der Waals surface area contributed by atoms with Crippen molar-refractivity contribution in [2.24, 2.45) is 0 Å². The molecule has 0 radical (unpaired) electrons. The van der Waals surface area contributed by atoms with Crippen LogP contribution in [0.5, 0.6) is 0 Å². The zero-order chi connectivity index (χ0) is 22.4. The maximum atomic E-state index is 13.7. The third-order valence-corrected chi connectivity index (χ3v) is 4.54. The van der Waals surface area contributed by atoms with Crippen LogP contribution in [0.2, 0.25) is 0 Å². The first-order valence-electron chi connectivity index (χ1n) is 9.74. The fourth-order valence-corrected chi connectivity index (χ4v) is 2.89. The SMILES string of the molecule is CCNc1[nH]c(=O)n(OCc2ccccc2)c(=O)c1C(=O)NCc1ccc(C)c(F)c1. The molecule has 0 fully saturated rings. The Balaban J connectivity index is 1.87. The third kappa shape index (κ3) is 5.19. The first-order chi connectivity index (χ1) is 14.9. The number of nitrogens with one attached hydrogen (secondary N) is 3. The highest BCUT2D eigenvalue weighted by atomic mass is 19.1. The number of hydrogen-bond acceptors (Lipinski definition) is 5. The molecule has 1 heterocycles. The number of benzene rings is 2. The molecule has 0 saturated heterocycles. The first-order valence-corrected chi connectivity index (χ1v) is 9.74. The number of aromatic nitrogens is 2. The van der Waals surface area contributed by atoms with E-state index in [1.807, 2.05) is 6.07 Å². The molecule has 31 heavy (non-hydrogen) atoms. The molecule has 8 nitrogen and oxygen atoms in total. The number of carbonyl (C=O) groups is 1. The molecule has 0 atom stereocenters. The van der Waals surface area contributed by atoms with Crippen molar-refractivity contribution in [3.63, 3.8) is 0 Å². The molecule has 0 bridgehead atoms. The van der Waals surface area contributed by atoms with E-state index in [1.54, 1.807) is 50.2 Å². The number of hydrogen-bond donors (Lipinski definition) is 3. The van der Waals surface area contributed by atoms with Crippen molar-refractivity contribution < 1.29 is 14.0 Å². The third-order valence-electron chi connectivity index (χ3n) is 4.54. The van der Waals surface area contributed by atoms with Gasteiger partial charge < -0.3 is 15.5 Å². The van der Waals surface area contributed by atoms with E-state index in [2.05, 4.69) is 15.6 Å². The Kier molecular flexibility index (Phi) is 6.86. The molecule has 1 amide bonds. The van der Waals surface area contributed by atoms with Crippen molar-refractivity contribution in [1.29, 1.82) is 0 Å². The number of anilines is 1. The van der Waals surface area contributed by atoms with Gasteiger partial charge in [-0.25, -0.2) is 9.18 Å². The zero-order valence-electron chi connectivity index (χ0n) is 17.2. The Hall–Kier alpha value is -3.88. The van der Waals surface area contributed by atoms with Crippen LogP contribution >= 0.6 is 0 Å². The molecule has 2 aromatic carbocycles. The summed E-state index contributed by atoms with van der Waals surface area (Å²) in [4.78, 5) is 45.9. The largest absolute Gasteiger partial charge is 0.401 e. The van der Waals surface area contributed by atoms with Crippen molar-refractivity contribution in [1.82, 2.24) is 15.0 Å². The second-order valence-corrected chi connectivity index (χ2v) is 6.84. The van der Waals surface area contributed by atoms with Crippen LogP contribution in [0.1, 0.15) is 34.0 Å². The van der Waals surface area contributed by atoms with Gasteiger partial charge in [-0.3, -0.25) is 14.6 Å². The molecule has 0 aliphatic heterocycles. The van der Waals surface area contributed by atoms with Crippen molar-refractivity contribution in [2.75, 3.05) is 11.9 Å². The van der Waals surface area contributed by atoms with Crippen LogP contribution in [-0.2, 0) is 13.2 Å². The smallest absolute Gasteiger partial charge is 0.363 e. The molecule has 0 aliphatic carbocycles. The second-order valence-electron chi connectivity index (χ2n) is 6.84. The molecule has 162 valence electrons. The first kappa shape index (κ1) is 21.8.